The second-order valence-electron chi connectivity index (χ2n) is 3.38. The Balaban J connectivity index is 2.28. The van der Waals surface area contributed by atoms with E-state index in [1.54, 1.807) is 12.4 Å². The van der Waals surface area contributed by atoms with Crippen LogP contribution >= 0.6 is 15.9 Å². The van der Waals surface area contributed by atoms with Crippen molar-refractivity contribution in [2.24, 2.45) is 0 Å². The van der Waals surface area contributed by atoms with E-state index in [0.717, 1.165) is 15.7 Å². The minimum atomic E-state index is 0.392. The van der Waals surface area contributed by atoms with E-state index in [9.17, 15) is 0 Å². The van der Waals surface area contributed by atoms with Crippen LogP contribution in [-0.4, -0.2) is 9.97 Å². The van der Waals surface area contributed by atoms with E-state index < -0.39 is 0 Å². The third-order valence-electron chi connectivity index (χ3n) is 2.15. The minimum absolute atomic E-state index is 0.392. The second-order valence-corrected chi connectivity index (χ2v) is 4.23. The number of nitrogens with one attached hydrogen (secondary N) is 1. The molecule has 0 bridgehead atoms. The number of nitrogens with zero attached hydrogens (tertiary/aromatic N) is 2. The van der Waals surface area contributed by atoms with Crippen LogP contribution in [0.5, 0.6) is 0 Å². The van der Waals surface area contributed by atoms with Crippen LogP contribution in [0.1, 0.15) is 5.56 Å². The third kappa shape index (κ3) is 2.30. The van der Waals surface area contributed by atoms with Crippen molar-refractivity contribution in [1.29, 1.82) is 0 Å². The summed E-state index contributed by atoms with van der Waals surface area (Å²) in [6, 6.07) is 5.94. The van der Waals surface area contributed by atoms with Gasteiger partial charge in [0, 0.05) is 22.6 Å². The molecule has 0 spiro atoms. The van der Waals surface area contributed by atoms with Gasteiger partial charge < -0.3 is 11.1 Å². The van der Waals surface area contributed by atoms with Crippen LogP contribution in [0.15, 0.2) is 35.1 Å². The number of hydrogen-bond donors (Lipinski definition) is 2. The summed E-state index contributed by atoms with van der Waals surface area (Å²) in [6.07, 6.45) is 3.16. The Morgan fingerprint density at radius 3 is 2.69 bits per heavy atom. The molecule has 2 rings (SSSR count). The highest BCUT2D eigenvalue weighted by Crippen LogP contribution is 2.23. The fourth-order valence-corrected chi connectivity index (χ4v) is 1.55. The van der Waals surface area contributed by atoms with Crippen molar-refractivity contribution >= 4 is 33.3 Å². The maximum Gasteiger partial charge on any atom is 0.173 e. The van der Waals surface area contributed by atoms with E-state index in [1.807, 2.05) is 25.1 Å². The SMILES string of the molecule is Cc1cc(Nc2nccnc2N)ccc1Br. The van der Waals surface area contributed by atoms with Crippen molar-refractivity contribution in [2.75, 3.05) is 11.1 Å². The first-order valence-corrected chi connectivity index (χ1v) is 5.56. The topological polar surface area (TPSA) is 63.8 Å². The van der Waals surface area contributed by atoms with Gasteiger partial charge in [-0.1, -0.05) is 15.9 Å². The highest BCUT2D eigenvalue weighted by molar-refractivity contribution is 9.10. The molecule has 3 N–H and O–H groups in total. The first-order valence-electron chi connectivity index (χ1n) is 4.76. The summed E-state index contributed by atoms with van der Waals surface area (Å²) < 4.78 is 1.07. The number of aryl methyl sites for hydroxylation is 1. The number of nitrogens with two attached hydrogens (primary N) is 1. The fourth-order valence-electron chi connectivity index (χ4n) is 1.30. The molecule has 0 atom stereocenters. The van der Waals surface area contributed by atoms with Crippen molar-refractivity contribution in [3.8, 4) is 0 Å². The number of hydrogen-bond acceptors (Lipinski definition) is 4. The van der Waals surface area contributed by atoms with Gasteiger partial charge in [-0.15, -0.1) is 0 Å². The molecule has 0 aliphatic heterocycles. The van der Waals surface area contributed by atoms with Crippen molar-refractivity contribution in [3.05, 3.63) is 40.6 Å². The van der Waals surface area contributed by atoms with Crippen LogP contribution in [0.3, 0.4) is 0 Å². The molecule has 0 aliphatic rings. The summed E-state index contributed by atoms with van der Waals surface area (Å²) in [5.74, 6) is 0.965. The highest BCUT2D eigenvalue weighted by atomic mass is 79.9. The summed E-state index contributed by atoms with van der Waals surface area (Å²) in [4.78, 5) is 8.07. The molecule has 0 amide bonds. The maximum absolute atomic E-state index is 5.69. The number of halogens is 1. The van der Waals surface area contributed by atoms with Crippen molar-refractivity contribution in [1.82, 2.24) is 9.97 Å². The molecular formula is C11H11BrN4. The van der Waals surface area contributed by atoms with Crippen LogP contribution in [-0.2, 0) is 0 Å². The molecule has 1 aromatic carbocycles. The lowest BCUT2D eigenvalue weighted by atomic mass is 10.2. The van der Waals surface area contributed by atoms with Gasteiger partial charge in [-0.05, 0) is 30.7 Å². The van der Waals surface area contributed by atoms with E-state index in [-0.39, 0.29) is 0 Å². The van der Waals surface area contributed by atoms with Gasteiger partial charge >= 0.3 is 0 Å². The molecule has 82 valence electrons. The number of aromatic nitrogens is 2. The molecule has 0 saturated heterocycles. The monoisotopic (exact) mass is 278 g/mol. The molecule has 16 heavy (non-hydrogen) atoms. The van der Waals surface area contributed by atoms with Gasteiger partial charge in [-0.25, -0.2) is 9.97 Å². The Bertz CT molecular complexity index is 513. The summed E-state index contributed by atoms with van der Waals surface area (Å²) in [6.45, 7) is 2.02. The average Bonchev–Trinajstić information content (AvgIpc) is 2.27. The number of nitrogen functional groups attached to an aromatic ring is 1. The first-order chi connectivity index (χ1) is 7.66. The molecule has 0 radical (unpaired) electrons. The predicted molar refractivity (Wildman–Crippen MR) is 68.6 cm³/mol. The van der Waals surface area contributed by atoms with Crippen molar-refractivity contribution in [3.63, 3.8) is 0 Å². The number of rotatable bonds is 2. The highest BCUT2D eigenvalue weighted by Gasteiger charge is 2.02. The first kappa shape index (κ1) is 10.9. The summed E-state index contributed by atoms with van der Waals surface area (Å²) in [5.41, 5.74) is 7.77. The van der Waals surface area contributed by atoms with Crippen LogP contribution in [0, 0.1) is 6.92 Å². The molecule has 0 aliphatic carbocycles. The fraction of sp³-hybridized carbons (Fsp3) is 0.0909. The molecule has 2 aromatic rings. The Morgan fingerprint density at radius 2 is 2.00 bits per heavy atom. The lowest BCUT2D eigenvalue weighted by molar-refractivity contribution is 1.21. The second kappa shape index (κ2) is 4.49. The van der Waals surface area contributed by atoms with Gasteiger partial charge in [-0.2, -0.15) is 0 Å². The molecule has 4 nitrogen and oxygen atoms in total. The Kier molecular flexibility index (Phi) is 3.05. The van der Waals surface area contributed by atoms with E-state index in [2.05, 4.69) is 31.2 Å². The smallest absolute Gasteiger partial charge is 0.173 e. The summed E-state index contributed by atoms with van der Waals surface area (Å²) in [5, 5.41) is 3.12. The maximum atomic E-state index is 5.69. The molecule has 1 aromatic heterocycles. The van der Waals surface area contributed by atoms with Crippen molar-refractivity contribution in [2.45, 2.75) is 6.92 Å². The Labute approximate surface area is 102 Å². The van der Waals surface area contributed by atoms with Crippen LogP contribution in [0.25, 0.3) is 0 Å². The molecule has 5 heteroatoms. The van der Waals surface area contributed by atoms with Gasteiger partial charge in [0.1, 0.15) is 0 Å². The molecular weight excluding hydrogens is 268 g/mol. The zero-order valence-electron chi connectivity index (χ0n) is 8.74. The van der Waals surface area contributed by atoms with Crippen molar-refractivity contribution < 1.29 is 0 Å². The van der Waals surface area contributed by atoms with Gasteiger partial charge in [0.05, 0.1) is 0 Å². The van der Waals surface area contributed by atoms with E-state index in [0.29, 0.717) is 11.6 Å². The number of benzene rings is 1. The summed E-state index contributed by atoms with van der Waals surface area (Å²) >= 11 is 3.45. The van der Waals surface area contributed by atoms with E-state index in [4.69, 9.17) is 5.73 Å². The predicted octanol–water partition coefficient (Wildman–Crippen LogP) is 2.87. The molecule has 0 unspecified atom stereocenters. The van der Waals surface area contributed by atoms with Gasteiger partial charge in [0.25, 0.3) is 0 Å². The van der Waals surface area contributed by atoms with Gasteiger partial charge in [0.15, 0.2) is 11.6 Å². The quantitative estimate of drug-likeness (QED) is 0.887. The summed E-state index contributed by atoms with van der Waals surface area (Å²) in [7, 11) is 0. The standard InChI is InChI=1S/C11H11BrN4/c1-7-6-8(2-3-9(7)12)16-11-10(13)14-4-5-15-11/h2-6H,1H3,(H2,13,14)(H,15,16). The van der Waals surface area contributed by atoms with Crippen LogP contribution < -0.4 is 11.1 Å². The Hall–Kier alpha value is -1.62. The molecule has 0 fully saturated rings. The molecule has 0 saturated carbocycles. The largest absolute Gasteiger partial charge is 0.381 e. The number of anilines is 3. The average molecular weight is 279 g/mol. The van der Waals surface area contributed by atoms with E-state index in [1.165, 1.54) is 0 Å². The zero-order chi connectivity index (χ0) is 11.5. The van der Waals surface area contributed by atoms with E-state index >= 15 is 0 Å². The molecule has 1 heterocycles. The normalized spacial score (nSPS) is 10.1. The lowest BCUT2D eigenvalue weighted by Gasteiger charge is -2.08. The Morgan fingerprint density at radius 1 is 1.25 bits per heavy atom. The van der Waals surface area contributed by atoms with Gasteiger partial charge in [-0.3, -0.25) is 0 Å². The van der Waals surface area contributed by atoms with Crippen LogP contribution in [0.4, 0.5) is 17.3 Å². The van der Waals surface area contributed by atoms with Gasteiger partial charge in [0.2, 0.25) is 0 Å². The lowest BCUT2D eigenvalue weighted by Crippen LogP contribution is -2.00. The zero-order valence-corrected chi connectivity index (χ0v) is 10.3. The minimum Gasteiger partial charge on any atom is -0.381 e. The van der Waals surface area contributed by atoms with Crippen LogP contribution in [0.2, 0.25) is 0 Å². The third-order valence-corrected chi connectivity index (χ3v) is 3.04.